The van der Waals surface area contributed by atoms with E-state index in [0.717, 1.165) is 40.3 Å². The van der Waals surface area contributed by atoms with Crippen LogP contribution in [0, 0.1) is 29.2 Å². The minimum atomic E-state index is -5.96. The summed E-state index contributed by atoms with van der Waals surface area (Å²) in [5, 5.41) is 4.95. The second-order valence-electron chi connectivity index (χ2n) is 28.9. The molecule has 1 unspecified atom stereocenters. The molecule has 0 aromatic heterocycles. The lowest BCUT2D eigenvalue weighted by Gasteiger charge is -2.26. The number of amides is 6. The maximum Gasteiger partial charge on any atom is 0.534 e. The molecular weight excluding hydrogens is 1560 g/mol. The highest BCUT2D eigenvalue weighted by atomic mass is 32.2. The number of rotatable bonds is 16. The number of nitrogens with one attached hydrogen (secondary N) is 2. The maximum atomic E-state index is 13.9. The summed E-state index contributed by atoms with van der Waals surface area (Å²) in [5.41, 5.74) is -4.93. The van der Waals surface area contributed by atoms with Crippen molar-refractivity contribution in [3.63, 3.8) is 0 Å². The highest BCUT2D eigenvalue weighted by Crippen LogP contribution is 2.35. The number of halogens is 7. The van der Waals surface area contributed by atoms with Crippen molar-refractivity contribution in [1.82, 2.24) is 19.6 Å². The van der Waals surface area contributed by atoms with Crippen molar-refractivity contribution in [2.24, 2.45) is 5.92 Å². The Labute approximate surface area is 668 Å². The van der Waals surface area contributed by atoms with Gasteiger partial charge in [0, 0.05) is 94.1 Å². The van der Waals surface area contributed by atoms with Gasteiger partial charge in [-0.3, -0.25) is 19.2 Å². The summed E-state index contributed by atoms with van der Waals surface area (Å²) >= 11 is 0. The fourth-order valence-corrected chi connectivity index (χ4v) is 12.1. The lowest BCUT2D eigenvalue weighted by atomic mass is 9.96. The number of ether oxygens (including phenoxy) is 8. The second kappa shape index (κ2) is 43.0. The molecule has 28 nitrogen and oxygen atoms in total. The van der Waals surface area contributed by atoms with Gasteiger partial charge in [-0.15, -0.1) is 0 Å². The number of esters is 4. The van der Waals surface area contributed by atoms with E-state index in [1.807, 2.05) is 0 Å². The third-order valence-electron chi connectivity index (χ3n) is 16.9. The van der Waals surface area contributed by atoms with Gasteiger partial charge in [0.1, 0.15) is 68.7 Å². The molecule has 8 rings (SSSR count). The Morgan fingerprint density at radius 1 is 0.431 bits per heavy atom. The Kier molecular flexibility index (Phi) is 35.4. The van der Waals surface area contributed by atoms with Crippen molar-refractivity contribution in [3.05, 3.63) is 153 Å². The molecule has 116 heavy (non-hydrogen) atoms. The number of Topliss-reactive ketones (excluding diaryl/α,β-unsaturated/α-hetero) is 1. The summed E-state index contributed by atoms with van der Waals surface area (Å²) in [6, 6.07) is 19.5. The summed E-state index contributed by atoms with van der Waals surface area (Å²) in [4.78, 5) is 140. The van der Waals surface area contributed by atoms with E-state index in [4.69, 9.17) is 37.9 Å². The van der Waals surface area contributed by atoms with E-state index in [0.29, 0.717) is 92.1 Å². The van der Waals surface area contributed by atoms with Crippen LogP contribution in [0.5, 0.6) is 0 Å². The average Bonchev–Trinajstić information content (AvgIpc) is 1.54. The number of methoxy groups -OCH3 is 1. The Hall–Kier alpha value is -11.1. The number of anilines is 2. The number of carbonyl (C=O) groups excluding carboxylic acids is 11. The van der Waals surface area contributed by atoms with Gasteiger partial charge in [-0.05, 0) is 193 Å². The minimum absolute atomic E-state index is 0.0720. The van der Waals surface area contributed by atoms with E-state index in [1.54, 1.807) is 137 Å². The second-order valence-corrected chi connectivity index (χ2v) is 30.4. The molecular formula is C80H99F7N6O22S. The molecule has 0 spiro atoms. The Balaban J connectivity index is 0.000000282. The summed E-state index contributed by atoms with van der Waals surface area (Å²) in [7, 11) is -4.66. The van der Waals surface area contributed by atoms with E-state index in [9.17, 15) is 91.9 Å². The van der Waals surface area contributed by atoms with Gasteiger partial charge in [-0.2, -0.15) is 21.6 Å². The molecule has 1 fully saturated rings. The molecule has 1 saturated heterocycles. The van der Waals surface area contributed by atoms with Crippen molar-refractivity contribution in [2.45, 2.75) is 164 Å². The number of hydrogen-bond acceptors (Lipinski definition) is 22. The highest BCUT2D eigenvalue weighted by molar-refractivity contribution is 7.87. The molecule has 6 amide bonds. The molecule has 36 heteroatoms. The van der Waals surface area contributed by atoms with Crippen molar-refractivity contribution in [3.8, 4) is 0 Å². The first-order chi connectivity index (χ1) is 54.3. The average molecular weight is 1660 g/mol. The first kappa shape index (κ1) is 95.5. The smallest absolute Gasteiger partial charge is 0.465 e. The van der Waals surface area contributed by atoms with Crippen LogP contribution in [0.15, 0.2) is 107 Å². The Morgan fingerprint density at radius 3 is 1.09 bits per heavy atom. The molecule has 4 heterocycles. The molecule has 0 saturated carbocycles. The molecule has 636 valence electrons. The summed E-state index contributed by atoms with van der Waals surface area (Å²) < 4.78 is 161. The predicted molar refractivity (Wildman–Crippen MR) is 408 cm³/mol. The van der Waals surface area contributed by atoms with Crippen molar-refractivity contribution >= 4 is 98.5 Å². The fraction of sp³-hybridized carbons (Fsp3) is 0.487. The minimum Gasteiger partial charge on any atom is -0.465 e. The normalized spacial score (nSPS) is 15.7. The summed E-state index contributed by atoms with van der Waals surface area (Å²) in [6.07, 6.45) is -0.978. The largest absolute Gasteiger partial charge is 0.534 e. The summed E-state index contributed by atoms with van der Waals surface area (Å²) in [5.74, 6) is -9.68. The third-order valence-corrected chi connectivity index (χ3v) is 17.9. The number of carbonyl (C=O) groups is 11. The van der Waals surface area contributed by atoms with Gasteiger partial charge < -0.3 is 72.3 Å². The molecule has 1 atom stereocenters. The van der Waals surface area contributed by atoms with Crippen LogP contribution in [0.2, 0.25) is 0 Å². The first-order valence-electron chi connectivity index (χ1n) is 37.1. The number of nitrogens with zero attached hydrogens (tertiary/aromatic N) is 4. The number of benzene rings is 4. The molecule has 2 N–H and O–H groups in total. The number of hydrogen-bond donors (Lipinski definition) is 2. The van der Waals surface area contributed by atoms with Gasteiger partial charge >= 0.3 is 63.9 Å². The topological polar surface area (TPSA) is 342 Å². The van der Waals surface area contributed by atoms with Crippen LogP contribution in [0.25, 0.3) is 11.1 Å². The van der Waals surface area contributed by atoms with Crippen molar-refractivity contribution in [2.75, 3.05) is 96.5 Å². The zero-order chi connectivity index (χ0) is 86.8. The molecule has 4 aliphatic heterocycles. The summed E-state index contributed by atoms with van der Waals surface area (Å²) in [6.45, 7) is 24.5. The van der Waals surface area contributed by atoms with Crippen LogP contribution < -0.4 is 10.6 Å². The first-order valence-corrected chi connectivity index (χ1v) is 38.5. The SMILES string of the molecule is CCOC(=O)C1=C(OS(=O)(=O)C(F)(F)F)CCN(C(=O)OC(C)(C)C)CC1.CCOC(=O)C1=C(c2ccc(NC(=O)c3c(F)cccc3F)cc2)CCN(C(=O)OC(C)(C)C)CC1.CCOC(=O)C1=C(c2ccc(NC(=O)c3c(F)cccc3F)cc2)CCN(C(=O)OC)CC1.CCOC(=O)C1CCN(C(=O)OC(C)(C)C)CCC1=O. The quantitative estimate of drug-likeness (QED) is 0.0263. The number of ketones is 1. The standard InChI is InChI=1S/C27H30F2N2O5.C24H24F2N2O5.C15H22F3NO7S.C14H23NO5/c1-5-35-25(33)20-14-16-31(26(34)36-27(2,3)4)15-13-19(20)17-9-11-18(12-10-17)30-24(32)23-21(28)7-6-8-22(23)29;1-3-33-23(30)18-12-14-28(24(31)32-2)13-11-17(18)15-7-9-16(10-8-15)27-22(29)21-19(25)5-4-6-20(21)26;1-5-24-12(20)10-6-8-19(13(21)25-14(2,3)4)9-7-11(10)26-27(22,23)15(16,17)18;1-5-19-12(17)10-6-8-15(9-7-11(10)16)13(18)20-14(2,3)4/h6-12H,5,13-16H2,1-4H3,(H,30,32);4-10H,3,11-14H2,1-2H3,(H,27,29);5-9H2,1-4H3;10H,5-9H2,1-4H3. The lowest BCUT2D eigenvalue weighted by molar-refractivity contribution is -0.151. The Bertz CT molecular complexity index is 4380. The molecule has 4 aromatic rings. The molecule has 0 bridgehead atoms. The van der Waals surface area contributed by atoms with Crippen LogP contribution >= 0.6 is 0 Å². The predicted octanol–water partition coefficient (Wildman–Crippen LogP) is 14.4. The highest BCUT2D eigenvalue weighted by Gasteiger charge is 2.50. The van der Waals surface area contributed by atoms with Crippen molar-refractivity contribution in [1.29, 1.82) is 0 Å². The maximum absolute atomic E-state index is 13.9. The van der Waals surface area contributed by atoms with E-state index in [1.165, 1.54) is 36.0 Å². The zero-order valence-electron chi connectivity index (χ0n) is 67.1. The monoisotopic (exact) mass is 1660 g/mol. The van der Waals surface area contributed by atoms with E-state index in [-0.39, 0.29) is 76.7 Å². The van der Waals surface area contributed by atoms with Crippen LogP contribution in [-0.2, 0) is 76.2 Å². The van der Waals surface area contributed by atoms with Crippen LogP contribution in [0.1, 0.15) is 173 Å². The fourth-order valence-electron chi connectivity index (χ4n) is 11.6. The lowest BCUT2D eigenvalue weighted by Crippen LogP contribution is -2.37. The molecule has 4 aromatic carbocycles. The zero-order valence-corrected chi connectivity index (χ0v) is 67.9. The Morgan fingerprint density at radius 2 is 0.750 bits per heavy atom. The number of alkyl halides is 3. The van der Waals surface area contributed by atoms with E-state index < -0.39 is 145 Å². The van der Waals surface area contributed by atoms with Crippen LogP contribution in [-0.4, -0.2) is 202 Å². The van der Waals surface area contributed by atoms with Crippen LogP contribution in [0.4, 0.5) is 61.3 Å². The van der Waals surface area contributed by atoms with E-state index in [2.05, 4.69) is 14.8 Å². The van der Waals surface area contributed by atoms with Crippen molar-refractivity contribution < 1.29 is 134 Å². The molecule has 0 aliphatic carbocycles. The van der Waals surface area contributed by atoms with Crippen LogP contribution in [0.3, 0.4) is 0 Å². The molecule has 0 radical (unpaired) electrons. The van der Waals surface area contributed by atoms with Gasteiger partial charge in [-0.25, -0.2) is 51.1 Å². The van der Waals surface area contributed by atoms with E-state index >= 15 is 0 Å². The third kappa shape index (κ3) is 29.0. The van der Waals surface area contributed by atoms with Gasteiger partial charge in [0.05, 0.1) is 39.1 Å². The molecule has 4 aliphatic rings. The van der Waals surface area contributed by atoms with Gasteiger partial charge in [-0.1, -0.05) is 36.4 Å². The van der Waals surface area contributed by atoms with Gasteiger partial charge in [0.2, 0.25) is 0 Å². The van der Waals surface area contributed by atoms with Gasteiger partial charge in [0.15, 0.2) is 0 Å². The van der Waals surface area contributed by atoms with Gasteiger partial charge in [0.25, 0.3) is 11.8 Å². The number of likely N-dealkylation sites (tertiary alicyclic amines) is 1.